The number of carbonyl (C=O) groups excluding carboxylic acids is 1. The van der Waals surface area contributed by atoms with E-state index in [9.17, 15) is 13.2 Å². The third-order valence-electron chi connectivity index (χ3n) is 5.11. The van der Waals surface area contributed by atoms with Crippen molar-refractivity contribution in [3.05, 3.63) is 89.5 Å². The van der Waals surface area contributed by atoms with E-state index >= 15 is 0 Å². The molecule has 1 N–H and O–H groups in total. The Morgan fingerprint density at radius 2 is 1.71 bits per heavy atom. The summed E-state index contributed by atoms with van der Waals surface area (Å²) in [4.78, 5) is 12.8. The number of nitrogens with zero attached hydrogens (tertiary/aromatic N) is 2. The normalized spacial score (nSPS) is 11.6. The fourth-order valence-corrected chi connectivity index (χ4v) is 4.87. The van der Waals surface area contributed by atoms with Crippen molar-refractivity contribution in [3.8, 4) is 5.75 Å². The number of benzene rings is 3. The number of nitrogens with one attached hydrogen (secondary N) is 1. The summed E-state index contributed by atoms with van der Waals surface area (Å²) in [6.07, 6.45) is 1.50. The predicted molar refractivity (Wildman–Crippen MR) is 139 cm³/mol. The van der Waals surface area contributed by atoms with Crippen LogP contribution in [-0.2, 0) is 14.8 Å². The van der Waals surface area contributed by atoms with Gasteiger partial charge in [0.1, 0.15) is 12.3 Å². The summed E-state index contributed by atoms with van der Waals surface area (Å²) in [7, 11) is -3.97. The van der Waals surface area contributed by atoms with Crippen LogP contribution in [0.4, 0.5) is 5.69 Å². The number of aryl methyl sites for hydroxylation is 2. The molecule has 0 bridgehead atoms. The molecule has 0 aliphatic rings. The SMILES string of the molecule is Cc1ccc(N(CC(=O)N/N=C\c2ccc(OCC(C)C)cc2)S(=O)(=O)c2ccccc2)c(C)c1. The number of hydrogen-bond acceptors (Lipinski definition) is 5. The molecule has 1 amide bonds. The average molecular weight is 494 g/mol. The highest BCUT2D eigenvalue weighted by molar-refractivity contribution is 7.92. The van der Waals surface area contributed by atoms with E-state index in [1.165, 1.54) is 18.3 Å². The fraction of sp³-hybridized carbons (Fsp3) is 0.259. The van der Waals surface area contributed by atoms with E-state index in [1.807, 2.05) is 50.2 Å². The van der Waals surface area contributed by atoms with E-state index in [0.29, 0.717) is 18.2 Å². The lowest BCUT2D eigenvalue weighted by atomic mass is 10.1. The first-order valence-electron chi connectivity index (χ1n) is 11.4. The van der Waals surface area contributed by atoms with Crippen molar-refractivity contribution in [2.75, 3.05) is 17.5 Å². The van der Waals surface area contributed by atoms with E-state index in [2.05, 4.69) is 24.4 Å². The maximum Gasteiger partial charge on any atom is 0.264 e. The zero-order chi connectivity index (χ0) is 25.4. The summed E-state index contributed by atoms with van der Waals surface area (Å²) in [6.45, 7) is 8.12. The van der Waals surface area contributed by atoms with Gasteiger partial charge in [0, 0.05) is 0 Å². The van der Waals surface area contributed by atoms with Gasteiger partial charge in [0.05, 0.1) is 23.4 Å². The number of amides is 1. The van der Waals surface area contributed by atoms with Crippen LogP contribution in [0.1, 0.15) is 30.5 Å². The smallest absolute Gasteiger partial charge is 0.264 e. The molecule has 3 rings (SSSR count). The lowest BCUT2D eigenvalue weighted by molar-refractivity contribution is -0.119. The Morgan fingerprint density at radius 3 is 2.34 bits per heavy atom. The van der Waals surface area contributed by atoms with Gasteiger partial charge in [0.25, 0.3) is 15.9 Å². The second-order valence-electron chi connectivity index (χ2n) is 8.68. The highest BCUT2D eigenvalue weighted by Crippen LogP contribution is 2.27. The summed E-state index contributed by atoms with van der Waals surface area (Å²) in [5.74, 6) is 0.633. The van der Waals surface area contributed by atoms with Gasteiger partial charge in [-0.3, -0.25) is 9.10 Å². The molecule has 7 nitrogen and oxygen atoms in total. The van der Waals surface area contributed by atoms with E-state index < -0.39 is 22.5 Å². The van der Waals surface area contributed by atoms with Crippen molar-refractivity contribution < 1.29 is 17.9 Å². The van der Waals surface area contributed by atoms with Crippen LogP contribution in [-0.4, -0.2) is 33.7 Å². The number of carbonyl (C=O) groups is 1. The Morgan fingerprint density at radius 1 is 1.03 bits per heavy atom. The molecule has 0 unspecified atom stereocenters. The zero-order valence-electron chi connectivity index (χ0n) is 20.4. The van der Waals surface area contributed by atoms with Gasteiger partial charge in [-0.25, -0.2) is 13.8 Å². The quantitative estimate of drug-likeness (QED) is 0.328. The summed E-state index contributed by atoms with van der Waals surface area (Å²) in [5, 5.41) is 4.00. The van der Waals surface area contributed by atoms with Crippen LogP contribution < -0.4 is 14.5 Å². The molecule has 0 aliphatic carbocycles. The van der Waals surface area contributed by atoms with Crippen molar-refractivity contribution in [1.82, 2.24) is 5.43 Å². The second-order valence-corrected chi connectivity index (χ2v) is 10.5. The van der Waals surface area contributed by atoms with Gasteiger partial charge in [0.15, 0.2) is 0 Å². The highest BCUT2D eigenvalue weighted by atomic mass is 32.2. The first kappa shape index (κ1) is 26.0. The van der Waals surface area contributed by atoms with E-state index in [-0.39, 0.29) is 4.90 Å². The van der Waals surface area contributed by atoms with Crippen LogP contribution in [0.2, 0.25) is 0 Å². The van der Waals surface area contributed by atoms with Crippen LogP contribution in [0.15, 0.2) is 82.8 Å². The molecule has 0 aromatic heterocycles. The van der Waals surface area contributed by atoms with Crippen LogP contribution in [0.5, 0.6) is 5.75 Å². The van der Waals surface area contributed by atoms with E-state index in [0.717, 1.165) is 26.7 Å². The van der Waals surface area contributed by atoms with E-state index in [4.69, 9.17) is 4.74 Å². The largest absolute Gasteiger partial charge is 0.493 e. The Hall–Kier alpha value is -3.65. The molecule has 0 saturated carbocycles. The molecular weight excluding hydrogens is 462 g/mol. The topological polar surface area (TPSA) is 88.1 Å². The first-order valence-corrected chi connectivity index (χ1v) is 12.8. The summed E-state index contributed by atoms with van der Waals surface area (Å²) in [5.41, 5.74) is 5.39. The molecule has 0 fully saturated rings. The van der Waals surface area contributed by atoms with Gasteiger partial charge in [0.2, 0.25) is 0 Å². The number of hydrazone groups is 1. The maximum absolute atomic E-state index is 13.4. The zero-order valence-corrected chi connectivity index (χ0v) is 21.2. The van der Waals surface area contributed by atoms with Crippen molar-refractivity contribution in [1.29, 1.82) is 0 Å². The van der Waals surface area contributed by atoms with Gasteiger partial charge in [-0.1, -0.05) is 49.7 Å². The van der Waals surface area contributed by atoms with Crippen LogP contribution in [0.25, 0.3) is 0 Å². The van der Waals surface area contributed by atoms with Crippen LogP contribution in [0.3, 0.4) is 0 Å². The van der Waals surface area contributed by atoms with Gasteiger partial charge >= 0.3 is 0 Å². The van der Waals surface area contributed by atoms with Crippen molar-refractivity contribution in [3.63, 3.8) is 0 Å². The second kappa shape index (κ2) is 11.7. The molecule has 0 spiro atoms. The molecule has 0 saturated heterocycles. The summed E-state index contributed by atoms with van der Waals surface area (Å²) < 4.78 is 33.6. The Balaban J connectivity index is 1.75. The average Bonchev–Trinajstić information content (AvgIpc) is 2.83. The highest BCUT2D eigenvalue weighted by Gasteiger charge is 2.28. The van der Waals surface area contributed by atoms with E-state index in [1.54, 1.807) is 24.3 Å². The van der Waals surface area contributed by atoms with Crippen molar-refractivity contribution in [2.45, 2.75) is 32.6 Å². The monoisotopic (exact) mass is 493 g/mol. The number of rotatable bonds is 10. The lowest BCUT2D eigenvalue weighted by Gasteiger charge is -2.25. The Kier molecular flexibility index (Phi) is 8.65. The minimum atomic E-state index is -3.97. The van der Waals surface area contributed by atoms with Gasteiger partial charge in [-0.2, -0.15) is 5.10 Å². The molecule has 0 aliphatic heterocycles. The molecule has 0 radical (unpaired) electrons. The maximum atomic E-state index is 13.4. The summed E-state index contributed by atoms with van der Waals surface area (Å²) in [6, 6.07) is 20.8. The molecule has 0 heterocycles. The molecule has 0 atom stereocenters. The van der Waals surface area contributed by atoms with Crippen LogP contribution >= 0.6 is 0 Å². The number of sulfonamides is 1. The number of ether oxygens (including phenoxy) is 1. The molecule has 35 heavy (non-hydrogen) atoms. The molecule has 184 valence electrons. The number of hydrogen-bond donors (Lipinski definition) is 1. The lowest BCUT2D eigenvalue weighted by Crippen LogP contribution is -2.40. The Bertz CT molecular complexity index is 1270. The molecule has 8 heteroatoms. The van der Waals surface area contributed by atoms with Gasteiger partial charge in [-0.05, 0) is 73.4 Å². The minimum absolute atomic E-state index is 0.107. The minimum Gasteiger partial charge on any atom is -0.493 e. The molecule has 3 aromatic rings. The van der Waals surface area contributed by atoms with Crippen molar-refractivity contribution >= 4 is 27.8 Å². The summed E-state index contributed by atoms with van der Waals surface area (Å²) >= 11 is 0. The number of anilines is 1. The van der Waals surface area contributed by atoms with Crippen molar-refractivity contribution in [2.24, 2.45) is 11.0 Å². The van der Waals surface area contributed by atoms with Gasteiger partial charge in [-0.15, -0.1) is 0 Å². The van der Waals surface area contributed by atoms with Gasteiger partial charge < -0.3 is 4.74 Å². The fourth-order valence-electron chi connectivity index (χ4n) is 3.36. The molecule has 3 aromatic carbocycles. The standard InChI is InChI=1S/C27H31N3O4S/c1-20(2)19-34-24-13-11-23(12-14-24)17-28-29-27(31)18-30(26-15-10-21(3)16-22(26)4)35(32,33)25-8-6-5-7-9-25/h5-17,20H,18-19H2,1-4H3,(H,29,31)/b28-17-. The predicted octanol–water partition coefficient (Wildman–Crippen LogP) is 4.68. The third-order valence-corrected chi connectivity index (χ3v) is 6.88. The van der Waals surface area contributed by atoms with Crippen LogP contribution in [0, 0.1) is 19.8 Å². The molecular formula is C27H31N3O4S. The first-order chi connectivity index (χ1) is 16.7. The third kappa shape index (κ3) is 7.16. The Labute approximate surface area is 207 Å².